The SMILES string of the molecule is CCNC(=NCc1ccc(N2CCC(C)CC2)nc1)NCCCOCC1CCCO1. The van der Waals surface area contributed by atoms with Gasteiger partial charge in [0.15, 0.2) is 5.96 Å². The fraction of sp³-hybridized carbons (Fsp3) is 0.739. The van der Waals surface area contributed by atoms with Crippen LogP contribution in [0.1, 0.15) is 51.5 Å². The quantitative estimate of drug-likeness (QED) is 0.346. The molecule has 2 aliphatic rings. The van der Waals surface area contributed by atoms with Gasteiger partial charge >= 0.3 is 0 Å². The number of nitrogens with zero attached hydrogens (tertiary/aromatic N) is 3. The molecule has 2 aliphatic heterocycles. The predicted octanol–water partition coefficient (Wildman–Crippen LogP) is 2.96. The molecule has 0 amide bonds. The van der Waals surface area contributed by atoms with Gasteiger partial charge < -0.3 is 25.0 Å². The highest BCUT2D eigenvalue weighted by Crippen LogP contribution is 2.21. The van der Waals surface area contributed by atoms with Gasteiger partial charge in [0, 0.05) is 45.6 Å². The zero-order valence-electron chi connectivity index (χ0n) is 18.7. The van der Waals surface area contributed by atoms with Crippen LogP contribution in [0.5, 0.6) is 0 Å². The molecule has 0 spiro atoms. The highest BCUT2D eigenvalue weighted by molar-refractivity contribution is 5.79. The molecule has 1 atom stereocenters. The second kappa shape index (κ2) is 12.7. The van der Waals surface area contributed by atoms with Crippen LogP contribution < -0.4 is 15.5 Å². The molecule has 7 heteroatoms. The first-order chi connectivity index (χ1) is 14.7. The van der Waals surface area contributed by atoms with Crippen molar-refractivity contribution in [1.29, 1.82) is 0 Å². The smallest absolute Gasteiger partial charge is 0.191 e. The Morgan fingerprint density at radius 3 is 2.83 bits per heavy atom. The molecular weight excluding hydrogens is 378 g/mol. The van der Waals surface area contributed by atoms with Crippen molar-refractivity contribution in [1.82, 2.24) is 15.6 Å². The number of rotatable bonds is 10. The van der Waals surface area contributed by atoms with Crippen molar-refractivity contribution in [3.63, 3.8) is 0 Å². The number of hydrogen-bond acceptors (Lipinski definition) is 5. The molecule has 2 fully saturated rings. The average Bonchev–Trinajstić information content (AvgIpc) is 3.29. The molecule has 0 saturated carbocycles. The topological polar surface area (TPSA) is 71.0 Å². The zero-order chi connectivity index (χ0) is 21.0. The Kier molecular flexibility index (Phi) is 9.70. The molecule has 2 saturated heterocycles. The van der Waals surface area contributed by atoms with Gasteiger partial charge in [-0.25, -0.2) is 9.98 Å². The Bertz CT molecular complexity index is 623. The van der Waals surface area contributed by atoms with E-state index in [-0.39, 0.29) is 0 Å². The van der Waals surface area contributed by atoms with Crippen LogP contribution in [-0.2, 0) is 16.0 Å². The molecule has 7 nitrogen and oxygen atoms in total. The fourth-order valence-corrected chi connectivity index (χ4v) is 3.82. The van der Waals surface area contributed by atoms with Gasteiger partial charge in [0.05, 0.1) is 19.3 Å². The number of ether oxygens (including phenoxy) is 2. The summed E-state index contributed by atoms with van der Waals surface area (Å²) in [5, 5.41) is 6.69. The molecule has 30 heavy (non-hydrogen) atoms. The van der Waals surface area contributed by atoms with E-state index in [1.165, 1.54) is 12.8 Å². The fourth-order valence-electron chi connectivity index (χ4n) is 3.82. The third kappa shape index (κ3) is 7.76. The molecule has 0 aliphatic carbocycles. The largest absolute Gasteiger partial charge is 0.379 e. The Morgan fingerprint density at radius 1 is 1.27 bits per heavy atom. The van der Waals surface area contributed by atoms with Gasteiger partial charge in [-0.3, -0.25) is 0 Å². The highest BCUT2D eigenvalue weighted by Gasteiger charge is 2.17. The maximum atomic E-state index is 5.72. The summed E-state index contributed by atoms with van der Waals surface area (Å²) in [5.41, 5.74) is 1.13. The molecule has 0 aromatic carbocycles. The van der Waals surface area contributed by atoms with Crippen LogP contribution in [-0.4, -0.2) is 63.0 Å². The molecular formula is C23H39N5O2. The van der Waals surface area contributed by atoms with E-state index in [2.05, 4.69) is 46.5 Å². The number of hydrogen-bond donors (Lipinski definition) is 2. The number of piperidine rings is 1. The minimum Gasteiger partial charge on any atom is -0.379 e. The van der Waals surface area contributed by atoms with Gasteiger partial charge in [0.25, 0.3) is 0 Å². The summed E-state index contributed by atoms with van der Waals surface area (Å²) in [6.07, 6.45) is 8.00. The number of aromatic nitrogens is 1. The van der Waals surface area contributed by atoms with Crippen molar-refractivity contribution < 1.29 is 9.47 Å². The summed E-state index contributed by atoms with van der Waals surface area (Å²) < 4.78 is 11.3. The number of pyridine rings is 1. The van der Waals surface area contributed by atoms with E-state index in [4.69, 9.17) is 14.5 Å². The van der Waals surface area contributed by atoms with Gasteiger partial charge in [-0.1, -0.05) is 13.0 Å². The number of nitrogens with one attached hydrogen (secondary N) is 2. The molecule has 3 heterocycles. The van der Waals surface area contributed by atoms with Crippen molar-refractivity contribution in [3.05, 3.63) is 23.9 Å². The minimum atomic E-state index is 0.301. The number of anilines is 1. The molecule has 1 aromatic heterocycles. The molecule has 0 bridgehead atoms. The van der Waals surface area contributed by atoms with E-state index in [1.54, 1.807) is 0 Å². The maximum Gasteiger partial charge on any atom is 0.191 e. The van der Waals surface area contributed by atoms with Crippen LogP contribution in [0.25, 0.3) is 0 Å². The van der Waals surface area contributed by atoms with Crippen molar-refractivity contribution in [2.75, 3.05) is 50.9 Å². The van der Waals surface area contributed by atoms with E-state index in [0.29, 0.717) is 19.3 Å². The molecule has 1 aromatic rings. The summed E-state index contributed by atoms with van der Waals surface area (Å²) in [7, 11) is 0. The maximum absolute atomic E-state index is 5.72. The van der Waals surface area contributed by atoms with E-state index in [1.807, 2.05) is 6.20 Å². The molecule has 168 valence electrons. The van der Waals surface area contributed by atoms with Crippen LogP contribution in [0, 0.1) is 5.92 Å². The first kappa shape index (κ1) is 22.8. The van der Waals surface area contributed by atoms with Gasteiger partial charge in [-0.15, -0.1) is 0 Å². The first-order valence-corrected chi connectivity index (χ1v) is 11.7. The van der Waals surface area contributed by atoms with Crippen molar-refractivity contribution in [2.24, 2.45) is 10.9 Å². The molecule has 1 unspecified atom stereocenters. The summed E-state index contributed by atoms with van der Waals surface area (Å²) in [6, 6.07) is 4.28. The summed E-state index contributed by atoms with van der Waals surface area (Å²) in [5.74, 6) is 2.76. The second-order valence-electron chi connectivity index (χ2n) is 8.38. The zero-order valence-corrected chi connectivity index (χ0v) is 18.7. The normalized spacial score (nSPS) is 20.5. The Balaban J connectivity index is 1.36. The summed E-state index contributed by atoms with van der Waals surface area (Å²) in [4.78, 5) is 11.8. The highest BCUT2D eigenvalue weighted by atomic mass is 16.5. The minimum absolute atomic E-state index is 0.301. The lowest BCUT2D eigenvalue weighted by Gasteiger charge is -2.31. The third-order valence-corrected chi connectivity index (χ3v) is 5.77. The van der Waals surface area contributed by atoms with Crippen LogP contribution in [0.15, 0.2) is 23.3 Å². The van der Waals surface area contributed by atoms with Crippen molar-refractivity contribution in [2.45, 2.75) is 58.6 Å². The van der Waals surface area contributed by atoms with Gasteiger partial charge in [0.2, 0.25) is 0 Å². The van der Waals surface area contributed by atoms with E-state index >= 15 is 0 Å². The standard InChI is InChI=1S/C23H39N5O2/c1-3-24-23(25-11-5-14-29-18-21-6-4-15-30-21)27-17-20-7-8-22(26-16-20)28-12-9-19(2)10-13-28/h7-8,16,19,21H,3-6,9-15,17-18H2,1-2H3,(H2,24,25,27). The lowest BCUT2D eigenvalue weighted by molar-refractivity contribution is 0.0168. The summed E-state index contributed by atoms with van der Waals surface area (Å²) >= 11 is 0. The monoisotopic (exact) mass is 417 g/mol. The molecule has 2 N–H and O–H groups in total. The number of guanidine groups is 1. The Labute approximate surface area is 181 Å². The lowest BCUT2D eigenvalue weighted by atomic mass is 9.99. The Hall–Kier alpha value is -1.86. The van der Waals surface area contributed by atoms with Crippen LogP contribution in [0.2, 0.25) is 0 Å². The average molecular weight is 418 g/mol. The summed E-state index contributed by atoms with van der Waals surface area (Å²) in [6.45, 7) is 11.3. The Morgan fingerprint density at radius 2 is 2.13 bits per heavy atom. The van der Waals surface area contributed by atoms with Gasteiger partial charge in [0.1, 0.15) is 5.82 Å². The van der Waals surface area contributed by atoms with Crippen LogP contribution >= 0.6 is 0 Å². The number of aliphatic imine (C=N–C) groups is 1. The van der Waals surface area contributed by atoms with E-state index < -0.39 is 0 Å². The first-order valence-electron chi connectivity index (χ1n) is 11.7. The van der Waals surface area contributed by atoms with Crippen LogP contribution in [0.4, 0.5) is 5.82 Å². The molecule has 0 radical (unpaired) electrons. The van der Waals surface area contributed by atoms with E-state index in [0.717, 1.165) is 81.9 Å². The van der Waals surface area contributed by atoms with Crippen molar-refractivity contribution in [3.8, 4) is 0 Å². The van der Waals surface area contributed by atoms with Gasteiger partial charge in [-0.2, -0.15) is 0 Å². The van der Waals surface area contributed by atoms with E-state index in [9.17, 15) is 0 Å². The third-order valence-electron chi connectivity index (χ3n) is 5.77. The van der Waals surface area contributed by atoms with Gasteiger partial charge in [-0.05, 0) is 56.6 Å². The van der Waals surface area contributed by atoms with Crippen molar-refractivity contribution >= 4 is 11.8 Å². The lowest BCUT2D eigenvalue weighted by Crippen LogP contribution is -2.38. The predicted molar refractivity (Wildman–Crippen MR) is 122 cm³/mol. The molecule has 3 rings (SSSR count). The second-order valence-corrected chi connectivity index (χ2v) is 8.38. The van der Waals surface area contributed by atoms with Crippen LogP contribution in [0.3, 0.4) is 0 Å².